The Morgan fingerprint density at radius 1 is 1.33 bits per heavy atom. The largest absolute Gasteiger partial charge is 0.330 e. The van der Waals surface area contributed by atoms with Crippen molar-refractivity contribution in [3.8, 4) is 0 Å². The molecular formula is C12H15F3N2O. The van der Waals surface area contributed by atoms with Crippen molar-refractivity contribution in [3.05, 3.63) is 29.6 Å². The quantitative estimate of drug-likeness (QED) is 0.854. The number of anilines is 1. The van der Waals surface area contributed by atoms with Crippen molar-refractivity contribution < 1.29 is 18.0 Å². The van der Waals surface area contributed by atoms with Crippen LogP contribution in [-0.2, 0) is 4.79 Å². The van der Waals surface area contributed by atoms with E-state index in [4.69, 9.17) is 5.73 Å². The van der Waals surface area contributed by atoms with E-state index < -0.39 is 35.0 Å². The SMILES string of the molecule is CCCC(CN)C(=O)Nc1c(F)cc(F)cc1F. The molecule has 0 saturated carbocycles. The third kappa shape index (κ3) is 3.46. The molecule has 0 aliphatic rings. The molecular weight excluding hydrogens is 245 g/mol. The summed E-state index contributed by atoms with van der Waals surface area (Å²) >= 11 is 0. The van der Waals surface area contributed by atoms with E-state index in [1.165, 1.54) is 0 Å². The lowest BCUT2D eigenvalue weighted by Crippen LogP contribution is -2.29. The lowest BCUT2D eigenvalue weighted by atomic mass is 10.0. The van der Waals surface area contributed by atoms with Gasteiger partial charge in [-0.25, -0.2) is 13.2 Å². The van der Waals surface area contributed by atoms with Gasteiger partial charge in [0.1, 0.15) is 11.5 Å². The van der Waals surface area contributed by atoms with Gasteiger partial charge in [-0.05, 0) is 6.42 Å². The van der Waals surface area contributed by atoms with E-state index in [2.05, 4.69) is 5.32 Å². The van der Waals surface area contributed by atoms with Crippen molar-refractivity contribution in [1.29, 1.82) is 0 Å². The van der Waals surface area contributed by atoms with Crippen LogP contribution in [0.3, 0.4) is 0 Å². The van der Waals surface area contributed by atoms with Crippen LogP contribution in [0, 0.1) is 23.4 Å². The fraction of sp³-hybridized carbons (Fsp3) is 0.417. The van der Waals surface area contributed by atoms with Crippen LogP contribution < -0.4 is 11.1 Å². The monoisotopic (exact) mass is 260 g/mol. The van der Waals surface area contributed by atoms with Crippen molar-refractivity contribution in [3.63, 3.8) is 0 Å². The van der Waals surface area contributed by atoms with Crippen LogP contribution >= 0.6 is 0 Å². The van der Waals surface area contributed by atoms with Gasteiger partial charge in [-0.3, -0.25) is 4.79 Å². The van der Waals surface area contributed by atoms with E-state index in [1.807, 2.05) is 6.92 Å². The Morgan fingerprint density at radius 2 is 1.89 bits per heavy atom. The zero-order valence-corrected chi connectivity index (χ0v) is 9.97. The molecule has 0 spiro atoms. The zero-order chi connectivity index (χ0) is 13.7. The molecule has 100 valence electrons. The van der Waals surface area contributed by atoms with Gasteiger partial charge in [0.05, 0.1) is 5.92 Å². The summed E-state index contributed by atoms with van der Waals surface area (Å²) in [7, 11) is 0. The number of nitrogens with two attached hydrogens (primary N) is 1. The maximum Gasteiger partial charge on any atom is 0.228 e. The second-order valence-corrected chi connectivity index (χ2v) is 3.95. The van der Waals surface area contributed by atoms with Gasteiger partial charge in [-0.1, -0.05) is 13.3 Å². The minimum absolute atomic E-state index is 0.0874. The Bertz CT molecular complexity index is 414. The molecule has 1 rings (SSSR count). The average Bonchev–Trinajstić information content (AvgIpc) is 2.30. The molecule has 0 bridgehead atoms. The number of hydrogen-bond donors (Lipinski definition) is 2. The number of nitrogens with one attached hydrogen (secondary N) is 1. The van der Waals surface area contributed by atoms with Crippen LogP contribution in [0.5, 0.6) is 0 Å². The Kier molecular flexibility index (Phi) is 5.15. The number of amides is 1. The predicted octanol–water partition coefficient (Wildman–Crippen LogP) is 2.42. The Balaban J connectivity index is 2.87. The molecule has 18 heavy (non-hydrogen) atoms. The Hall–Kier alpha value is -1.56. The predicted molar refractivity (Wildman–Crippen MR) is 62.4 cm³/mol. The summed E-state index contributed by atoms with van der Waals surface area (Å²) in [5.74, 6) is -4.41. The number of halogens is 3. The number of rotatable bonds is 5. The first-order valence-corrected chi connectivity index (χ1v) is 5.65. The molecule has 1 aromatic rings. The summed E-state index contributed by atoms with van der Waals surface area (Å²) in [5, 5.41) is 2.11. The maximum absolute atomic E-state index is 13.3. The highest BCUT2D eigenvalue weighted by molar-refractivity contribution is 5.92. The van der Waals surface area contributed by atoms with Crippen LogP contribution in [0.25, 0.3) is 0 Å². The molecule has 0 radical (unpaired) electrons. The lowest BCUT2D eigenvalue weighted by Gasteiger charge is -2.14. The molecule has 3 N–H and O–H groups in total. The molecule has 3 nitrogen and oxygen atoms in total. The highest BCUT2D eigenvalue weighted by Gasteiger charge is 2.20. The summed E-state index contributed by atoms with van der Waals surface area (Å²) in [5.41, 5.74) is 4.76. The van der Waals surface area contributed by atoms with Crippen LogP contribution in [0.1, 0.15) is 19.8 Å². The van der Waals surface area contributed by atoms with Gasteiger partial charge in [0.25, 0.3) is 0 Å². The lowest BCUT2D eigenvalue weighted by molar-refractivity contribution is -0.119. The number of carbonyl (C=O) groups is 1. The summed E-state index contributed by atoms with van der Waals surface area (Å²) in [4.78, 5) is 11.7. The second kappa shape index (κ2) is 6.39. The number of hydrogen-bond acceptors (Lipinski definition) is 2. The van der Waals surface area contributed by atoms with Crippen LogP contribution in [-0.4, -0.2) is 12.5 Å². The van der Waals surface area contributed by atoms with E-state index in [0.717, 1.165) is 6.42 Å². The van der Waals surface area contributed by atoms with Crippen molar-refractivity contribution in [2.45, 2.75) is 19.8 Å². The van der Waals surface area contributed by atoms with Gasteiger partial charge in [0.2, 0.25) is 5.91 Å². The van der Waals surface area contributed by atoms with Gasteiger partial charge < -0.3 is 11.1 Å². The van der Waals surface area contributed by atoms with Gasteiger partial charge in [-0.15, -0.1) is 0 Å². The fourth-order valence-electron chi connectivity index (χ4n) is 1.59. The van der Waals surface area contributed by atoms with Crippen molar-refractivity contribution in [2.24, 2.45) is 11.7 Å². The minimum atomic E-state index is -1.15. The topological polar surface area (TPSA) is 55.1 Å². The Morgan fingerprint density at radius 3 is 2.33 bits per heavy atom. The molecule has 0 aliphatic carbocycles. The molecule has 0 heterocycles. The zero-order valence-electron chi connectivity index (χ0n) is 9.97. The van der Waals surface area contributed by atoms with Crippen molar-refractivity contribution in [2.75, 3.05) is 11.9 Å². The van der Waals surface area contributed by atoms with E-state index in [-0.39, 0.29) is 6.54 Å². The fourth-order valence-corrected chi connectivity index (χ4v) is 1.59. The van der Waals surface area contributed by atoms with E-state index >= 15 is 0 Å². The van der Waals surface area contributed by atoms with Crippen LogP contribution in [0.4, 0.5) is 18.9 Å². The van der Waals surface area contributed by atoms with Gasteiger partial charge in [-0.2, -0.15) is 0 Å². The number of benzene rings is 1. The summed E-state index contributed by atoms with van der Waals surface area (Å²) < 4.78 is 39.3. The normalized spacial score (nSPS) is 12.3. The highest BCUT2D eigenvalue weighted by atomic mass is 19.1. The third-order valence-electron chi connectivity index (χ3n) is 2.55. The molecule has 1 atom stereocenters. The molecule has 0 fully saturated rings. The average molecular weight is 260 g/mol. The molecule has 1 aromatic carbocycles. The third-order valence-corrected chi connectivity index (χ3v) is 2.55. The summed E-state index contributed by atoms with van der Waals surface area (Å²) in [6.45, 7) is 1.96. The summed E-state index contributed by atoms with van der Waals surface area (Å²) in [6.07, 6.45) is 1.25. The molecule has 0 aliphatic heterocycles. The Labute approximate surface area is 103 Å². The van der Waals surface area contributed by atoms with Gasteiger partial charge >= 0.3 is 0 Å². The second-order valence-electron chi connectivity index (χ2n) is 3.95. The molecule has 0 aromatic heterocycles. The standard InChI is InChI=1S/C12H15F3N2O/c1-2-3-7(6-16)12(18)17-11-9(14)4-8(13)5-10(11)15/h4-5,7H,2-3,6,16H2,1H3,(H,17,18). The van der Waals surface area contributed by atoms with E-state index in [1.54, 1.807) is 0 Å². The molecule has 1 unspecified atom stereocenters. The van der Waals surface area contributed by atoms with Gasteiger partial charge in [0, 0.05) is 18.7 Å². The van der Waals surface area contributed by atoms with E-state index in [9.17, 15) is 18.0 Å². The van der Waals surface area contributed by atoms with Crippen molar-refractivity contribution >= 4 is 11.6 Å². The first-order valence-electron chi connectivity index (χ1n) is 5.65. The van der Waals surface area contributed by atoms with E-state index in [0.29, 0.717) is 18.6 Å². The van der Waals surface area contributed by atoms with Crippen LogP contribution in [0.15, 0.2) is 12.1 Å². The summed E-state index contributed by atoms with van der Waals surface area (Å²) in [6, 6.07) is 1.02. The molecule has 1 amide bonds. The molecule has 0 saturated heterocycles. The van der Waals surface area contributed by atoms with Gasteiger partial charge in [0.15, 0.2) is 11.6 Å². The van der Waals surface area contributed by atoms with Crippen molar-refractivity contribution in [1.82, 2.24) is 0 Å². The number of carbonyl (C=O) groups excluding carboxylic acids is 1. The molecule has 6 heteroatoms. The first kappa shape index (κ1) is 14.5. The highest BCUT2D eigenvalue weighted by Crippen LogP contribution is 2.21. The minimum Gasteiger partial charge on any atom is -0.330 e. The maximum atomic E-state index is 13.3. The van der Waals surface area contributed by atoms with Crippen LogP contribution in [0.2, 0.25) is 0 Å². The smallest absolute Gasteiger partial charge is 0.228 e. The first-order chi connectivity index (χ1) is 8.49.